The molecule has 16 heteroatoms. The molecule has 4 fully saturated rings. The van der Waals surface area contributed by atoms with Gasteiger partial charge in [-0.2, -0.15) is 4.98 Å². The first-order valence-electron chi connectivity index (χ1n) is 22.8. The molecule has 9 rings (SSSR count). The van der Waals surface area contributed by atoms with Gasteiger partial charge in [-0.1, -0.05) is 82.2 Å². The van der Waals surface area contributed by atoms with E-state index in [4.69, 9.17) is 23.9 Å². The van der Waals surface area contributed by atoms with Crippen molar-refractivity contribution in [2.75, 3.05) is 6.54 Å². The number of carbonyl (C=O) groups is 4. The smallest absolute Gasteiger partial charge is 0.408 e. The summed E-state index contributed by atoms with van der Waals surface area (Å²) in [5.41, 5.74) is 1.71. The standard InChI is InChI=1S/C48H58N6O9S/c1-46(2,3)30-22-20-29(21-23-30)40-50-38-34-17-12-13-19-37(34)63-39(38)42(51-40)61-33-26-36-41(55)52-48(44(57)53-64(59,60)47(4)24-25-47)27-31(48)14-8-6-5-7-9-18-35(43(56)54(36)28-33)49-45(58)62-32-15-10-11-16-32/h8,12-14,17,19-23,31-33,35-36H,5-7,9-11,15-16,18,24-28H2,1-4H3,(H,49,58)(H,52,55)(H,53,57)/b14-8-/t31-,33+,35-,36-,48+/m0/s1. The highest BCUT2D eigenvalue weighted by Crippen LogP contribution is 2.48. The number of nitrogens with zero attached hydrogens (tertiary/aromatic N) is 3. The van der Waals surface area contributed by atoms with Crippen molar-refractivity contribution in [3.05, 3.63) is 66.2 Å². The number of furan rings is 1. The number of carbonyl (C=O) groups excluding carboxylic acids is 4. The summed E-state index contributed by atoms with van der Waals surface area (Å²) in [5, 5.41) is 6.54. The summed E-state index contributed by atoms with van der Waals surface area (Å²) in [5.74, 6) is -1.86. The molecule has 4 heterocycles. The maximum absolute atomic E-state index is 14.9. The Morgan fingerprint density at radius 2 is 1.67 bits per heavy atom. The van der Waals surface area contributed by atoms with Gasteiger partial charge in [0.05, 0.1) is 11.3 Å². The minimum Gasteiger partial charge on any atom is -0.470 e. The maximum Gasteiger partial charge on any atom is 0.408 e. The molecule has 3 N–H and O–H groups in total. The van der Waals surface area contributed by atoms with Crippen LogP contribution in [0.25, 0.3) is 33.5 Å². The predicted octanol–water partition coefficient (Wildman–Crippen LogP) is 7.12. The number of benzene rings is 2. The summed E-state index contributed by atoms with van der Waals surface area (Å²) in [7, 11) is -4.02. The lowest BCUT2D eigenvalue weighted by molar-refractivity contribution is -0.141. The second kappa shape index (κ2) is 16.8. The van der Waals surface area contributed by atoms with E-state index in [2.05, 4.69) is 36.1 Å². The number of alkyl carbamates (subject to hydrolysis) is 1. The Bertz CT molecular complexity index is 2610. The van der Waals surface area contributed by atoms with Crippen LogP contribution in [0.4, 0.5) is 4.79 Å². The zero-order valence-corrected chi connectivity index (χ0v) is 37.8. The molecule has 0 unspecified atom stereocenters. The molecule has 0 bridgehead atoms. The molecule has 2 aromatic heterocycles. The van der Waals surface area contributed by atoms with Crippen LogP contribution in [-0.4, -0.2) is 88.2 Å². The second-order valence-electron chi connectivity index (χ2n) is 19.7. The van der Waals surface area contributed by atoms with Crippen molar-refractivity contribution in [1.29, 1.82) is 0 Å². The van der Waals surface area contributed by atoms with Gasteiger partial charge in [0.25, 0.3) is 11.8 Å². The third-order valence-corrected chi connectivity index (χ3v) is 16.0. The molecular weight excluding hydrogens is 837 g/mol. The molecule has 5 atom stereocenters. The Hall–Kier alpha value is -5.51. The number of aromatic nitrogens is 2. The lowest BCUT2D eigenvalue weighted by Gasteiger charge is -2.30. The summed E-state index contributed by atoms with van der Waals surface area (Å²) in [6.07, 6.45) is 9.78. The van der Waals surface area contributed by atoms with Crippen LogP contribution < -0.4 is 20.1 Å². The van der Waals surface area contributed by atoms with Crippen molar-refractivity contribution >= 4 is 55.9 Å². The maximum atomic E-state index is 14.9. The molecule has 15 nitrogen and oxygen atoms in total. The molecule has 64 heavy (non-hydrogen) atoms. The number of ether oxygens (including phenoxy) is 2. The molecule has 4 aromatic rings. The van der Waals surface area contributed by atoms with Gasteiger partial charge in [0, 0.05) is 23.3 Å². The monoisotopic (exact) mass is 894 g/mol. The number of amides is 4. The van der Waals surface area contributed by atoms with Gasteiger partial charge in [-0.05, 0) is 94.2 Å². The van der Waals surface area contributed by atoms with Gasteiger partial charge in [0.2, 0.25) is 27.4 Å². The highest BCUT2D eigenvalue weighted by Gasteiger charge is 2.63. The molecule has 1 saturated heterocycles. The van der Waals surface area contributed by atoms with E-state index in [-0.39, 0.29) is 36.8 Å². The van der Waals surface area contributed by atoms with Gasteiger partial charge in [0.1, 0.15) is 40.9 Å². The fraction of sp³-hybridized carbons (Fsp3) is 0.542. The van der Waals surface area contributed by atoms with Crippen molar-refractivity contribution < 1.29 is 41.5 Å². The molecule has 3 aliphatic carbocycles. The van der Waals surface area contributed by atoms with E-state index >= 15 is 0 Å². The summed E-state index contributed by atoms with van der Waals surface area (Å²) < 4.78 is 46.6. The normalized spacial score (nSPS) is 26.8. The highest BCUT2D eigenvalue weighted by atomic mass is 32.2. The minimum absolute atomic E-state index is 0.00722. The molecule has 5 aliphatic rings. The fourth-order valence-electron chi connectivity index (χ4n) is 9.33. The SMILES string of the molecule is CC(C)(C)c1ccc(-c2nc(O[C@@H]3C[C@H]4C(=O)N[C@]5(C(=O)NS(=O)(=O)C6(C)CC6)C[C@@H]5/C=C\CCCCC[C@H](NC(=O)OC5CCCC5)C(=O)N4C3)c3oc4ccccc4c3n2)cc1. The van der Waals surface area contributed by atoms with Crippen LogP contribution in [-0.2, 0) is 34.6 Å². The molecule has 4 amide bonds. The molecule has 340 valence electrons. The number of rotatable bonds is 8. The van der Waals surface area contributed by atoms with Gasteiger partial charge >= 0.3 is 6.09 Å². The van der Waals surface area contributed by atoms with Crippen LogP contribution >= 0.6 is 0 Å². The lowest BCUT2D eigenvalue weighted by Crippen LogP contribution is -2.58. The van der Waals surface area contributed by atoms with Gasteiger partial charge in [-0.15, -0.1) is 0 Å². The van der Waals surface area contributed by atoms with Gasteiger partial charge in [-0.25, -0.2) is 18.2 Å². The van der Waals surface area contributed by atoms with Crippen molar-refractivity contribution in [2.24, 2.45) is 5.92 Å². The quantitative estimate of drug-likeness (QED) is 0.152. The number of allylic oxidation sites excluding steroid dienone is 1. The van der Waals surface area contributed by atoms with E-state index in [1.807, 2.05) is 60.7 Å². The first kappa shape index (κ1) is 43.7. The van der Waals surface area contributed by atoms with Gasteiger partial charge < -0.3 is 29.4 Å². The van der Waals surface area contributed by atoms with Crippen LogP contribution in [0.2, 0.25) is 0 Å². The Morgan fingerprint density at radius 1 is 0.938 bits per heavy atom. The van der Waals surface area contributed by atoms with E-state index in [9.17, 15) is 27.6 Å². The van der Waals surface area contributed by atoms with Crippen LogP contribution in [0.1, 0.15) is 117 Å². The molecule has 2 aromatic carbocycles. The molecule has 3 saturated carbocycles. The average Bonchev–Trinajstić information content (AvgIpc) is 3.92. The highest BCUT2D eigenvalue weighted by molar-refractivity contribution is 7.91. The lowest BCUT2D eigenvalue weighted by atomic mass is 9.87. The van der Waals surface area contributed by atoms with Crippen LogP contribution in [0.5, 0.6) is 5.88 Å². The topological polar surface area (TPSA) is 199 Å². The van der Waals surface area contributed by atoms with E-state index in [1.165, 1.54) is 4.90 Å². The number of para-hydroxylation sites is 1. The van der Waals surface area contributed by atoms with E-state index in [0.717, 1.165) is 55.0 Å². The molecule has 0 spiro atoms. The summed E-state index contributed by atoms with van der Waals surface area (Å²) in [6, 6.07) is 13.4. The number of hydrogen-bond acceptors (Lipinski definition) is 11. The van der Waals surface area contributed by atoms with Gasteiger partial charge in [-0.3, -0.25) is 19.1 Å². The Balaban J connectivity index is 1.06. The number of nitrogens with one attached hydrogen (secondary N) is 3. The fourth-order valence-corrected chi connectivity index (χ4v) is 10.6. The molecule has 2 aliphatic heterocycles. The minimum atomic E-state index is -4.02. The predicted molar refractivity (Wildman–Crippen MR) is 240 cm³/mol. The summed E-state index contributed by atoms with van der Waals surface area (Å²) >= 11 is 0. The van der Waals surface area contributed by atoms with Crippen LogP contribution in [0, 0.1) is 5.92 Å². The van der Waals surface area contributed by atoms with Crippen molar-refractivity contribution in [1.82, 2.24) is 30.2 Å². The zero-order chi connectivity index (χ0) is 45.0. The molecular formula is C48H58N6O9S. The molecule has 0 radical (unpaired) electrons. The second-order valence-corrected chi connectivity index (χ2v) is 21.9. The number of fused-ring (bicyclic) bond motifs is 5. The van der Waals surface area contributed by atoms with Crippen LogP contribution in [0.15, 0.2) is 65.1 Å². The van der Waals surface area contributed by atoms with E-state index in [0.29, 0.717) is 54.6 Å². The van der Waals surface area contributed by atoms with Crippen molar-refractivity contribution in [2.45, 2.75) is 151 Å². The van der Waals surface area contributed by atoms with Crippen LogP contribution in [0.3, 0.4) is 0 Å². The largest absolute Gasteiger partial charge is 0.470 e. The number of hydrogen-bond donors (Lipinski definition) is 3. The Labute approximate surface area is 373 Å². The summed E-state index contributed by atoms with van der Waals surface area (Å²) in [6.45, 7) is 7.96. The van der Waals surface area contributed by atoms with Crippen molar-refractivity contribution in [3.8, 4) is 17.3 Å². The Kier molecular flexibility index (Phi) is 11.5. The first-order valence-corrected chi connectivity index (χ1v) is 24.3. The average molecular weight is 895 g/mol. The third kappa shape index (κ3) is 8.69. The van der Waals surface area contributed by atoms with Gasteiger partial charge in [0.15, 0.2) is 5.82 Å². The van der Waals surface area contributed by atoms with E-state index in [1.54, 1.807) is 6.92 Å². The first-order chi connectivity index (χ1) is 30.5. The van der Waals surface area contributed by atoms with Crippen molar-refractivity contribution in [3.63, 3.8) is 0 Å². The Morgan fingerprint density at radius 3 is 2.41 bits per heavy atom. The number of sulfonamides is 1. The zero-order valence-electron chi connectivity index (χ0n) is 37.0. The third-order valence-electron chi connectivity index (χ3n) is 13.8. The van der Waals surface area contributed by atoms with E-state index < -0.39 is 68.2 Å². The summed E-state index contributed by atoms with van der Waals surface area (Å²) in [4.78, 5) is 68.2.